The molecule has 1 saturated carbocycles. The molecule has 0 aromatic rings. The molecule has 0 bridgehead atoms. The highest BCUT2D eigenvalue weighted by Gasteiger charge is 2.39. The zero-order valence-electron chi connectivity index (χ0n) is 11.8. The van der Waals surface area contributed by atoms with Gasteiger partial charge in [-0.05, 0) is 36.9 Å². The number of hydrogen-bond donors (Lipinski definition) is 0. The van der Waals surface area contributed by atoms with E-state index >= 15 is 0 Å². The summed E-state index contributed by atoms with van der Waals surface area (Å²) in [5.41, 5.74) is 0. The van der Waals surface area contributed by atoms with E-state index in [-0.39, 0.29) is 0 Å². The fourth-order valence-corrected chi connectivity index (χ4v) is 7.97. The normalized spacial score (nSPS) is 33.5. The maximum Gasteiger partial charge on any atom is 0.192 e. The van der Waals surface area contributed by atoms with Crippen molar-refractivity contribution in [1.29, 1.82) is 0 Å². The van der Waals surface area contributed by atoms with Crippen molar-refractivity contribution in [3.05, 3.63) is 0 Å². The second-order valence-corrected chi connectivity index (χ2v) is 10.5. The highest BCUT2D eigenvalue weighted by Crippen LogP contribution is 2.38. The smallest absolute Gasteiger partial charge is 0.192 e. The summed E-state index contributed by atoms with van der Waals surface area (Å²) in [7, 11) is -1.30. The second kappa shape index (κ2) is 6.37. The second-order valence-electron chi connectivity index (χ2n) is 6.21. The van der Waals surface area contributed by atoms with Crippen molar-refractivity contribution >= 4 is 8.32 Å². The molecule has 1 aliphatic heterocycles. The molecule has 0 spiro atoms. The van der Waals surface area contributed by atoms with Crippen LogP contribution in [0.15, 0.2) is 0 Å². The predicted molar refractivity (Wildman–Crippen MR) is 76.8 cm³/mol. The Bertz CT molecular complexity index is 223. The minimum Gasteiger partial charge on any atom is -0.414 e. The average molecular weight is 254 g/mol. The van der Waals surface area contributed by atoms with Crippen molar-refractivity contribution in [3.63, 3.8) is 0 Å². The van der Waals surface area contributed by atoms with Gasteiger partial charge < -0.3 is 4.43 Å². The fraction of sp³-hybridized carbons (Fsp3) is 1.00. The monoisotopic (exact) mass is 254 g/mol. The maximum absolute atomic E-state index is 6.81. The first kappa shape index (κ1) is 13.6. The molecular formula is C15H30OSi. The Morgan fingerprint density at radius 2 is 1.65 bits per heavy atom. The summed E-state index contributed by atoms with van der Waals surface area (Å²) in [4.78, 5) is 0. The summed E-state index contributed by atoms with van der Waals surface area (Å²) in [6, 6.07) is 4.27. The number of hydrogen-bond acceptors (Lipinski definition) is 1. The van der Waals surface area contributed by atoms with Gasteiger partial charge in [-0.15, -0.1) is 0 Å². The van der Waals surface area contributed by atoms with Gasteiger partial charge in [0, 0.05) is 6.10 Å². The van der Waals surface area contributed by atoms with Crippen LogP contribution in [-0.4, -0.2) is 14.4 Å². The lowest BCUT2D eigenvalue weighted by molar-refractivity contribution is 0.0778. The molecule has 2 aliphatic rings. The van der Waals surface area contributed by atoms with Gasteiger partial charge in [0.1, 0.15) is 0 Å². The summed E-state index contributed by atoms with van der Waals surface area (Å²) in [5.74, 6) is 0.876. The van der Waals surface area contributed by atoms with Crippen LogP contribution in [0, 0.1) is 5.92 Å². The first-order valence-electron chi connectivity index (χ1n) is 7.97. The van der Waals surface area contributed by atoms with E-state index in [2.05, 4.69) is 13.8 Å². The molecule has 0 aromatic heterocycles. The Morgan fingerprint density at radius 1 is 0.941 bits per heavy atom. The van der Waals surface area contributed by atoms with Crippen LogP contribution in [0.3, 0.4) is 0 Å². The standard InChI is InChI=1S/C15H30OSi/c1-3-14-10-6-7-11-15(14)16-17(4-2)12-8-5-9-13-17/h14-15H,3-13H2,1-2H3. The van der Waals surface area contributed by atoms with Crippen molar-refractivity contribution in [2.45, 2.75) is 89.5 Å². The molecule has 1 aliphatic carbocycles. The Hall–Kier alpha value is 0.177. The van der Waals surface area contributed by atoms with Crippen LogP contribution in [0.2, 0.25) is 18.1 Å². The van der Waals surface area contributed by atoms with Gasteiger partial charge in [-0.1, -0.05) is 52.4 Å². The molecule has 1 saturated heterocycles. The maximum atomic E-state index is 6.81. The van der Waals surface area contributed by atoms with Crippen LogP contribution in [0.1, 0.15) is 65.2 Å². The van der Waals surface area contributed by atoms with Crippen LogP contribution < -0.4 is 0 Å². The largest absolute Gasteiger partial charge is 0.414 e. The van der Waals surface area contributed by atoms with Gasteiger partial charge in [-0.2, -0.15) is 0 Å². The highest BCUT2D eigenvalue weighted by atomic mass is 28.4. The quantitative estimate of drug-likeness (QED) is 0.633. The Labute approximate surface area is 108 Å². The molecule has 0 N–H and O–H groups in total. The summed E-state index contributed by atoms with van der Waals surface area (Å²) in [6.45, 7) is 4.74. The van der Waals surface area contributed by atoms with Crippen LogP contribution in [0.25, 0.3) is 0 Å². The summed E-state index contributed by atoms with van der Waals surface area (Å²) in [6.07, 6.45) is 12.0. The molecule has 17 heavy (non-hydrogen) atoms. The van der Waals surface area contributed by atoms with E-state index in [1.54, 1.807) is 0 Å². The van der Waals surface area contributed by atoms with Gasteiger partial charge in [0.05, 0.1) is 0 Å². The van der Waals surface area contributed by atoms with Crippen molar-refractivity contribution < 1.29 is 4.43 Å². The molecule has 1 nitrogen and oxygen atoms in total. The molecule has 100 valence electrons. The molecule has 0 aromatic carbocycles. The topological polar surface area (TPSA) is 9.23 Å². The van der Waals surface area contributed by atoms with E-state index in [1.165, 1.54) is 69.5 Å². The Balaban J connectivity index is 1.96. The van der Waals surface area contributed by atoms with E-state index in [4.69, 9.17) is 4.43 Å². The lowest BCUT2D eigenvalue weighted by Crippen LogP contribution is -2.45. The van der Waals surface area contributed by atoms with Gasteiger partial charge in [0.15, 0.2) is 8.32 Å². The third-order valence-electron chi connectivity index (χ3n) is 5.17. The van der Waals surface area contributed by atoms with Gasteiger partial charge in [-0.25, -0.2) is 0 Å². The van der Waals surface area contributed by atoms with Crippen LogP contribution in [0.4, 0.5) is 0 Å². The van der Waals surface area contributed by atoms with E-state index in [0.717, 1.165) is 5.92 Å². The molecule has 2 heteroatoms. The van der Waals surface area contributed by atoms with Crippen molar-refractivity contribution in [1.82, 2.24) is 0 Å². The molecule has 1 heterocycles. The van der Waals surface area contributed by atoms with Crippen molar-refractivity contribution in [3.8, 4) is 0 Å². The first-order valence-corrected chi connectivity index (χ1v) is 10.5. The third-order valence-corrected chi connectivity index (χ3v) is 9.80. The predicted octanol–water partition coefficient (Wildman–Crippen LogP) is 5.12. The van der Waals surface area contributed by atoms with Crippen LogP contribution >= 0.6 is 0 Å². The van der Waals surface area contributed by atoms with Gasteiger partial charge in [0.25, 0.3) is 0 Å². The molecule has 0 amide bonds. The molecule has 2 fully saturated rings. The molecule has 2 unspecified atom stereocenters. The van der Waals surface area contributed by atoms with Gasteiger partial charge in [-0.3, -0.25) is 0 Å². The molecular weight excluding hydrogens is 224 g/mol. The van der Waals surface area contributed by atoms with Crippen LogP contribution in [-0.2, 0) is 4.43 Å². The number of rotatable bonds is 4. The summed E-state index contributed by atoms with van der Waals surface area (Å²) in [5, 5.41) is 0. The van der Waals surface area contributed by atoms with E-state index < -0.39 is 8.32 Å². The molecule has 0 radical (unpaired) electrons. The highest BCUT2D eigenvalue weighted by molar-refractivity contribution is 6.73. The Kier molecular flexibility index (Phi) is 5.10. The lowest BCUT2D eigenvalue weighted by Gasteiger charge is -2.41. The Morgan fingerprint density at radius 3 is 2.29 bits per heavy atom. The zero-order chi connectivity index (χ0) is 12.1. The van der Waals surface area contributed by atoms with E-state index in [9.17, 15) is 0 Å². The lowest BCUT2D eigenvalue weighted by atomic mass is 9.85. The van der Waals surface area contributed by atoms with E-state index in [1.807, 2.05) is 0 Å². The summed E-state index contributed by atoms with van der Waals surface area (Å²) < 4.78 is 6.81. The van der Waals surface area contributed by atoms with Crippen LogP contribution in [0.5, 0.6) is 0 Å². The molecule has 2 atom stereocenters. The third kappa shape index (κ3) is 3.34. The minimum absolute atomic E-state index is 0.637. The SMILES string of the molecule is CCC1CCCCC1O[Si]1(CC)CCCCC1. The first-order chi connectivity index (χ1) is 8.29. The minimum atomic E-state index is -1.30. The van der Waals surface area contributed by atoms with Gasteiger partial charge in [0.2, 0.25) is 0 Å². The van der Waals surface area contributed by atoms with E-state index in [0.29, 0.717) is 6.10 Å². The average Bonchev–Trinajstić information content (AvgIpc) is 2.40. The zero-order valence-corrected chi connectivity index (χ0v) is 12.8. The molecule has 2 rings (SSSR count). The van der Waals surface area contributed by atoms with Crippen molar-refractivity contribution in [2.75, 3.05) is 0 Å². The fourth-order valence-electron chi connectivity index (χ4n) is 3.87. The van der Waals surface area contributed by atoms with Gasteiger partial charge >= 0.3 is 0 Å². The van der Waals surface area contributed by atoms with Crippen molar-refractivity contribution in [2.24, 2.45) is 5.92 Å². The summed E-state index contributed by atoms with van der Waals surface area (Å²) >= 11 is 0.